The van der Waals surface area contributed by atoms with Gasteiger partial charge in [-0.1, -0.05) is 36.4 Å². The van der Waals surface area contributed by atoms with Crippen molar-refractivity contribution in [1.82, 2.24) is 9.88 Å². The van der Waals surface area contributed by atoms with E-state index < -0.39 is 17.2 Å². The molecule has 4 aromatic carbocycles. The fourth-order valence-corrected chi connectivity index (χ4v) is 6.16. The molecule has 0 bridgehead atoms. The van der Waals surface area contributed by atoms with Crippen LogP contribution in [-0.2, 0) is 23.4 Å². The second kappa shape index (κ2) is 13.0. The minimum atomic E-state index is -0.769. The third-order valence-corrected chi connectivity index (χ3v) is 8.37. The largest absolute Gasteiger partial charge is 0.492 e. The summed E-state index contributed by atoms with van der Waals surface area (Å²) >= 11 is 0. The van der Waals surface area contributed by atoms with Gasteiger partial charge in [0.25, 0.3) is 0 Å². The lowest BCUT2D eigenvalue weighted by Gasteiger charge is -2.32. The molecule has 1 unspecified atom stereocenters. The van der Waals surface area contributed by atoms with Gasteiger partial charge in [-0.05, 0) is 90.5 Å². The third kappa shape index (κ3) is 6.21. The topological polar surface area (TPSA) is 61.3 Å². The van der Waals surface area contributed by atoms with E-state index in [1.54, 1.807) is 24.4 Å². The zero-order valence-corrected chi connectivity index (χ0v) is 24.2. The van der Waals surface area contributed by atoms with Crippen molar-refractivity contribution in [1.29, 1.82) is 5.26 Å². The average molecular weight is 596 g/mol. The molecule has 1 N–H and O–H groups in total. The van der Waals surface area contributed by atoms with Crippen molar-refractivity contribution in [2.24, 2.45) is 0 Å². The Morgan fingerprint density at radius 3 is 2.52 bits per heavy atom. The number of aromatic amines is 1. The quantitative estimate of drug-likeness (QED) is 0.161. The molecular weight excluding hydrogens is 563 g/mol. The minimum absolute atomic E-state index is 0.304. The predicted molar refractivity (Wildman–Crippen MR) is 163 cm³/mol. The van der Waals surface area contributed by atoms with E-state index in [1.165, 1.54) is 18.2 Å². The number of rotatable bonds is 12. The molecule has 5 nitrogen and oxygen atoms in total. The van der Waals surface area contributed by atoms with E-state index in [9.17, 15) is 18.4 Å². The van der Waals surface area contributed by atoms with Crippen LogP contribution < -0.4 is 4.74 Å². The molecule has 0 radical (unpaired) electrons. The highest BCUT2D eigenvalue weighted by atomic mass is 19.1. The van der Waals surface area contributed by atoms with Crippen molar-refractivity contribution in [3.05, 3.63) is 136 Å². The van der Waals surface area contributed by atoms with E-state index in [0.717, 1.165) is 40.5 Å². The van der Waals surface area contributed by atoms with Crippen LogP contribution in [0.4, 0.5) is 13.2 Å². The van der Waals surface area contributed by atoms with Gasteiger partial charge in [-0.2, -0.15) is 5.26 Å². The summed E-state index contributed by atoms with van der Waals surface area (Å²) in [6.07, 6.45) is 3.72. The Bertz CT molecular complexity index is 1780. The van der Waals surface area contributed by atoms with Gasteiger partial charge in [0, 0.05) is 30.7 Å². The van der Waals surface area contributed by atoms with Crippen LogP contribution in [0, 0.1) is 28.8 Å². The highest BCUT2D eigenvalue weighted by Gasteiger charge is 2.41. The molecule has 1 aromatic heterocycles. The summed E-state index contributed by atoms with van der Waals surface area (Å²) in [6.45, 7) is 2.84. The van der Waals surface area contributed by atoms with Crippen LogP contribution >= 0.6 is 0 Å². The summed E-state index contributed by atoms with van der Waals surface area (Å²) in [5.74, 6) is -0.737. The highest BCUT2D eigenvalue weighted by Crippen LogP contribution is 2.45. The molecule has 1 aliphatic rings. The summed E-state index contributed by atoms with van der Waals surface area (Å²) < 4.78 is 54.7. The van der Waals surface area contributed by atoms with Gasteiger partial charge in [0.15, 0.2) is 0 Å². The number of hydrogen-bond donors (Lipinski definition) is 1. The first-order valence-corrected chi connectivity index (χ1v) is 14.7. The number of nitrogens with one attached hydrogen (secondary N) is 1. The molecule has 224 valence electrons. The Morgan fingerprint density at radius 2 is 1.73 bits per heavy atom. The molecular formula is C36H32F3N3O2. The number of para-hydroxylation sites is 1. The smallest absolute Gasteiger partial charge is 0.150 e. The zero-order chi connectivity index (χ0) is 30.5. The number of nitrogens with zero attached hydrogens (tertiary/aromatic N) is 2. The number of fused-ring (bicyclic) bond motifs is 2. The summed E-state index contributed by atoms with van der Waals surface area (Å²) in [7, 11) is 0. The van der Waals surface area contributed by atoms with E-state index in [1.807, 2.05) is 42.5 Å². The first kappa shape index (κ1) is 29.5. The normalized spacial score (nSPS) is 15.9. The van der Waals surface area contributed by atoms with E-state index in [-0.39, 0.29) is 5.82 Å². The maximum atomic E-state index is 14.3. The van der Waals surface area contributed by atoms with Gasteiger partial charge in [-0.15, -0.1) is 0 Å². The number of ether oxygens (including phenoxy) is 2. The Labute approximate surface area is 254 Å². The molecule has 0 fully saturated rings. The fourth-order valence-electron chi connectivity index (χ4n) is 6.16. The summed E-state index contributed by atoms with van der Waals surface area (Å²) in [6, 6.07) is 26.1. The Balaban J connectivity index is 1.20. The van der Waals surface area contributed by atoms with Gasteiger partial charge in [0.2, 0.25) is 0 Å². The molecule has 1 aliphatic heterocycles. The van der Waals surface area contributed by atoms with Gasteiger partial charge < -0.3 is 14.5 Å². The van der Waals surface area contributed by atoms with E-state index in [4.69, 9.17) is 9.47 Å². The van der Waals surface area contributed by atoms with E-state index in [0.29, 0.717) is 62.2 Å². The average Bonchev–Trinajstić information content (AvgIpc) is 3.62. The molecule has 0 spiro atoms. The lowest BCUT2D eigenvalue weighted by atomic mass is 9.81. The number of benzene rings is 4. The molecule has 1 atom stereocenters. The molecule has 0 saturated carbocycles. The number of halogens is 3. The first-order valence-electron chi connectivity index (χ1n) is 14.7. The number of H-pyrrole nitrogens is 1. The van der Waals surface area contributed by atoms with Crippen molar-refractivity contribution in [3.8, 4) is 11.8 Å². The maximum Gasteiger partial charge on any atom is 0.150 e. The Hall–Kier alpha value is -4.58. The number of aromatic nitrogens is 1. The maximum absolute atomic E-state index is 14.3. The van der Waals surface area contributed by atoms with Gasteiger partial charge in [0.05, 0.1) is 23.8 Å². The molecule has 0 amide bonds. The molecule has 2 heterocycles. The summed E-state index contributed by atoms with van der Waals surface area (Å²) in [5.41, 5.74) is 3.77. The van der Waals surface area contributed by atoms with E-state index in [2.05, 4.69) is 16.0 Å². The Morgan fingerprint density at radius 1 is 0.909 bits per heavy atom. The van der Waals surface area contributed by atoms with Crippen LogP contribution in [0.5, 0.6) is 5.75 Å². The second-order valence-electron chi connectivity index (χ2n) is 11.1. The number of hydrogen-bond acceptors (Lipinski definition) is 4. The first-order chi connectivity index (χ1) is 21.4. The highest BCUT2D eigenvalue weighted by molar-refractivity contribution is 5.83. The molecule has 8 heteroatoms. The van der Waals surface area contributed by atoms with Crippen molar-refractivity contribution < 1.29 is 22.6 Å². The standard InChI is InChI=1S/C36H32F3N3O2/c37-29-10-8-28(9-11-29)36(33-12-7-25(22-40)19-27(33)24-44-36)14-4-15-42(17-18-43-31-5-2-1-3-6-31)16-13-26-23-41-35-32(26)20-30(38)21-34(35)39/h1-3,5-12,19-21,23,41H,4,13-18,24H2. The molecule has 6 rings (SSSR count). The lowest BCUT2D eigenvalue weighted by Crippen LogP contribution is -2.34. The minimum Gasteiger partial charge on any atom is -0.492 e. The SMILES string of the molecule is N#Cc1ccc2c(c1)COC2(CCCN(CCOc1ccccc1)CCc1c[nH]c2c(F)cc(F)cc12)c1ccc(F)cc1. The summed E-state index contributed by atoms with van der Waals surface area (Å²) in [4.78, 5) is 5.23. The zero-order valence-electron chi connectivity index (χ0n) is 24.2. The monoisotopic (exact) mass is 595 g/mol. The van der Waals surface area contributed by atoms with Gasteiger partial charge in [-0.3, -0.25) is 4.90 Å². The van der Waals surface area contributed by atoms with Crippen LogP contribution in [0.3, 0.4) is 0 Å². The molecule has 5 aromatic rings. The van der Waals surface area contributed by atoms with Crippen molar-refractivity contribution >= 4 is 10.9 Å². The van der Waals surface area contributed by atoms with Crippen LogP contribution in [0.1, 0.15) is 40.7 Å². The number of nitriles is 1. The van der Waals surface area contributed by atoms with Gasteiger partial charge in [0.1, 0.15) is 35.4 Å². The van der Waals surface area contributed by atoms with Crippen molar-refractivity contribution in [3.63, 3.8) is 0 Å². The van der Waals surface area contributed by atoms with E-state index >= 15 is 0 Å². The molecule has 44 heavy (non-hydrogen) atoms. The van der Waals surface area contributed by atoms with Crippen LogP contribution in [0.25, 0.3) is 10.9 Å². The van der Waals surface area contributed by atoms with Gasteiger partial charge in [-0.25, -0.2) is 13.2 Å². The molecule has 0 saturated heterocycles. The molecule has 0 aliphatic carbocycles. The third-order valence-electron chi connectivity index (χ3n) is 8.37. The second-order valence-corrected chi connectivity index (χ2v) is 11.1. The van der Waals surface area contributed by atoms with Crippen LogP contribution in [0.15, 0.2) is 91.1 Å². The summed E-state index contributed by atoms with van der Waals surface area (Å²) in [5, 5.41) is 9.96. The Kier molecular flexibility index (Phi) is 8.69. The van der Waals surface area contributed by atoms with Gasteiger partial charge >= 0.3 is 0 Å². The van der Waals surface area contributed by atoms with Crippen LogP contribution in [0.2, 0.25) is 0 Å². The fraction of sp³-hybridized carbons (Fsp3) is 0.250. The van der Waals surface area contributed by atoms with Crippen molar-refractivity contribution in [2.75, 3.05) is 26.2 Å². The van der Waals surface area contributed by atoms with Crippen LogP contribution in [-0.4, -0.2) is 36.1 Å². The predicted octanol–water partition coefficient (Wildman–Crippen LogP) is 7.63. The lowest BCUT2D eigenvalue weighted by molar-refractivity contribution is -0.0147. The van der Waals surface area contributed by atoms with Crippen molar-refractivity contribution in [2.45, 2.75) is 31.5 Å².